The molecule has 0 radical (unpaired) electrons. The molecule has 0 saturated heterocycles. The Morgan fingerprint density at radius 1 is 0.684 bits per heavy atom. The van der Waals surface area contributed by atoms with Gasteiger partial charge in [0.15, 0.2) is 17.3 Å². The van der Waals surface area contributed by atoms with Crippen LogP contribution in [0.1, 0.15) is 37.7 Å². The van der Waals surface area contributed by atoms with Gasteiger partial charge in [0.25, 0.3) is 0 Å². The molecule has 0 aliphatic heterocycles. The predicted octanol–water partition coefficient (Wildman–Crippen LogP) is 6.94. The Bertz CT molecular complexity index is 1560. The number of alkyl halides is 3. The zero-order valence-corrected chi connectivity index (χ0v) is 21.3. The first-order valence-electron chi connectivity index (χ1n) is 12.0. The first-order chi connectivity index (χ1) is 18.0. The summed E-state index contributed by atoms with van der Waals surface area (Å²) in [6, 6.07) is 21.6. The molecule has 0 atom stereocenters. The van der Waals surface area contributed by atoms with Gasteiger partial charge >= 0.3 is 6.18 Å². The van der Waals surface area contributed by atoms with Gasteiger partial charge in [-0.15, -0.1) is 0 Å². The maximum atomic E-state index is 13.1. The average Bonchev–Trinajstić information content (AvgIpc) is 3.54. The molecular weight excluding hydrogens is 491 g/mol. The van der Waals surface area contributed by atoms with E-state index in [1.54, 1.807) is 22.9 Å². The van der Waals surface area contributed by atoms with Crippen LogP contribution in [0.15, 0.2) is 85.2 Å². The molecule has 0 spiro atoms. The maximum absolute atomic E-state index is 13.1. The van der Waals surface area contributed by atoms with E-state index in [0.29, 0.717) is 17.5 Å². The number of aromatic nitrogens is 6. The number of halogens is 3. The van der Waals surface area contributed by atoms with Gasteiger partial charge in [-0.05, 0) is 66.4 Å². The highest BCUT2D eigenvalue weighted by Gasteiger charge is 2.33. The highest BCUT2D eigenvalue weighted by Crippen LogP contribution is 2.35. The lowest BCUT2D eigenvalue weighted by Gasteiger charge is -2.25. The summed E-state index contributed by atoms with van der Waals surface area (Å²) in [5, 5.41) is 8.13. The van der Waals surface area contributed by atoms with Crippen LogP contribution in [0.2, 0.25) is 0 Å². The fourth-order valence-electron chi connectivity index (χ4n) is 3.97. The van der Waals surface area contributed by atoms with Crippen molar-refractivity contribution in [3.63, 3.8) is 0 Å². The summed E-state index contributed by atoms with van der Waals surface area (Å²) in [6.45, 7) is 8.32. The molecule has 0 N–H and O–H groups in total. The van der Waals surface area contributed by atoms with Crippen molar-refractivity contribution < 1.29 is 13.2 Å². The highest BCUT2D eigenvalue weighted by atomic mass is 19.4. The predicted molar refractivity (Wildman–Crippen MR) is 139 cm³/mol. The maximum Gasteiger partial charge on any atom is 0.435 e. The zero-order valence-electron chi connectivity index (χ0n) is 21.3. The standard InChI is InChI=1S/C28H26F3N7/c1-19-15-17-36(34-19)23-7-5-9-25(32-23)38(21-13-11-20(12-14-21)27(2,3)4)26-10-6-8-24(33-26)37-18-16-22(35-37)28(29,30)31/h5-18H,1-4H3. The molecule has 0 amide bonds. The minimum atomic E-state index is -4.54. The summed E-state index contributed by atoms with van der Waals surface area (Å²) in [4.78, 5) is 11.4. The fourth-order valence-corrected chi connectivity index (χ4v) is 3.97. The molecule has 0 aliphatic rings. The molecule has 0 aliphatic carbocycles. The number of hydrogen-bond acceptors (Lipinski definition) is 5. The minimum absolute atomic E-state index is 0.0338. The van der Waals surface area contributed by atoms with Gasteiger partial charge in [0, 0.05) is 18.1 Å². The van der Waals surface area contributed by atoms with Crippen LogP contribution in [-0.4, -0.2) is 29.5 Å². The van der Waals surface area contributed by atoms with E-state index in [2.05, 4.69) is 48.1 Å². The van der Waals surface area contributed by atoms with E-state index in [1.807, 2.05) is 54.4 Å². The average molecular weight is 518 g/mol. The third kappa shape index (κ3) is 5.15. The fraction of sp³-hybridized carbons (Fsp3) is 0.214. The second-order valence-corrected chi connectivity index (χ2v) is 9.89. The Hall–Kier alpha value is -4.47. The van der Waals surface area contributed by atoms with E-state index in [-0.39, 0.29) is 11.2 Å². The number of nitrogens with zero attached hydrogens (tertiary/aromatic N) is 7. The molecule has 0 fully saturated rings. The Balaban J connectivity index is 1.62. The molecule has 0 unspecified atom stereocenters. The normalized spacial score (nSPS) is 12.1. The van der Waals surface area contributed by atoms with E-state index in [0.717, 1.165) is 27.7 Å². The summed E-state index contributed by atoms with van der Waals surface area (Å²) in [7, 11) is 0. The summed E-state index contributed by atoms with van der Waals surface area (Å²) >= 11 is 0. The van der Waals surface area contributed by atoms with Crippen molar-refractivity contribution in [3.05, 3.63) is 102 Å². The van der Waals surface area contributed by atoms with Crippen molar-refractivity contribution in [2.75, 3.05) is 4.90 Å². The van der Waals surface area contributed by atoms with Gasteiger partial charge in [-0.2, -0.15) is 23.4 Å². The van der Waals surface area contributed by atoms with Crippen molar-refractivity contribution >= 4 is 17.3 Å². The summed E-state index contributed by atoms with van der Waals surface area (Å²) in [5.74, 6) is 1.90. The van der Waals surface area contributed by atoms with Crippen molar-refractivity contribution in [1.29, 1.82) is 0 Å². The number of pyridine rings is 2. The van der Waals surface area contributed by atoms with Gasteiger partial charge in [0.2, 0.25) is 0 Å². The molecule has 5 rings (SSSR count). The smallest absolute Gasteiger partial charge is 0.279 e. The van der Waals surface area contributed by atoms with Crippen molar-refractivity contribution in [2.45, 2.75) is 39.3 Å². The van der Waals surface area contributed by atoms with Crippen LogP contribution in [0.25, 0.3) is 11.6 Å². The zero-order chi connectivity index (χ0) is 27.1. The molecule has 0 bridgehead atoms. The monoisotopic (exact) mass is 517 g/mol. The minimum Gasteiger partial charge on any atom is -0.279 e. The lowest BCUT2D eigenvalue weighted by molar-refractivity contribution is -0.141. The van der Waals surface area contributed by atoms with Crippen LogP contribution in [0.3, 0.4) is 0 Å². The van der Waals surface area contributed by atoms with Crippen LogP contribution in [0.4, 0.5) is 30.5 Å². The first kappa shape index (κ1) is 25.2. The Morgan fingerprint density at radius 2 is 1.24 bits per heavy atom. The molecule has 38 heavy (non-hydrogen) atoms. The van der Waals surface area contributed by atoms with Crippen LogP contribution < -0.4 is 4.90 Å². The lowest BCUT2D eigenvalue weighted by Crippen LogP contribution is -2.16. The summed E-state index contributed by atoms with van der Waals surface area (Å²) in [6.07, 6.45) is -1.46. The number of hydrogen-bond donors (Lipinski definition) is 0. The number of aryl methyl sites for hydroxylation is 1. The van der Waals surface area contributed by atoms with Gasteiger partial charge in [0.05, 0.1) is 5.69 Å². The topological polar surface area (TPSA) is 64.7 Å². The third-order valence-electron chi connectivity index (χ3n) is 5.96. The lowest BCUT2D eigenvalue weighted by atomic mass is 9.87. The molecule has 194 valence electrons. The Labute approximate surface area is 218 Å². The van der Waals surface area contributed by atoms with Crippen LogP contribution >= 0.6 is 0 Å². The Morgan fingerprint density at radius 3 is 1.71 bits per heavy atom. The molecule has 5 aromatic rings. The van der Waals surface area contributed by atoms with Crippen molar-refractivity contribution in [3.8, 4) is 11.6 Å². The van der Waals surface area contributed by atoms with E-state index < -0.39 is 11.9 Å². The second kappa shape index (κ2) is 9.44. The molecule has 10 heteroatoms. The van der Waals surface area contributed by atoms with Gasteiger partial charge in [0.1, 0.15) is 11.6 Å². The van der Waals surface area contributed by atoms with Gasteiger partial charge in [-0.25, -0.2) is 19.3 Å². The summed E-state index contributed by atoms with van der Waals surface area (Å²) < 4.78 is 42.2. The van der Waals surface area contributed by atoms with Crippen LogP contribution in [0.5, 0.6) is 0 Å². The largest absolute Gasteiger partial charge is 0.435 e. The van der Waals surface area contributed by atoms with E-state index >= 15 is 0 Å². The number of benzene rings is 1. The van der Waals surface area contributed by atoms with Crippen molar-refractivity contribution in [2.24, 2.45) is 0 Å². The van der Waals surface area contributed by atoms with E-state index in [4.69, 9.17) is 4.98 Å². The number of rotatable bonds is 5. The SMILES string of the molecule is Cc1ccn(-c2cccc(N(c3ccc(C(C)(C)C)cc3)c3cccc(-n4ccc(C(F)(F)F)n4)n3)n2)n1. The molecule has 1 aromatic carbocycles. The summed E-state index contributed by atoms with van der Waals surface area (Å²) in [5.41, 5.74) is 1.79. The molecule has 4 aromatic heterocycles. The molecule has 4 heterocycles. The van der Waals surface area contributed by atoms with E-state index in [9.17, 15) is 13.2 Å². The molecular formula is C28H26F3N7. The van der Waals surface area contributed by atoms with Crippen LogP contribution in [0, 0.1) is 6.92 Å². The van der Waals surface area contributed by atoms with E-state index in [1.165, 1.54) is 6.20 Å². The number of anilines is 3. The highest BCUT2D eigenvalue weighted by molar-refractivity contribution is 5.73. The van der Waals surface area contributed by atoms with Gasteiger partial charge in [-0.3, -0.25) is 4.90 Å². The molecule has 7 nitrogen and oxygen atoms in total. The quantitative estimate of drug-likeness (QED) is 0.253. The van der Waals surface area contributed by atoms with Gasteiger partial charge in [-0.1, -0.05) is 45.0 Å². The van der Waals surface area contributed by atoms with Crippen LogP contribution in [-0.2, 0) is 11.6 Å². The second-order valence-electron chi connectivity index (χ2n) is 9.89. The molecule has 0 saturated carbocycles. The Kier molecular flexibility index (Phi) is 6.26. The van der Waals surface area contributed by atoms with Gasteiger partial charge < -0.3 is 0 Å². The third-order valence-corrected chi connectivity index (χ3v) is 5.96. The van der Waals surface area contributed by atoms with Crippen molar-refractivity contribution in [1.82, 2.24) is 29.5 Å². The first-order valence-corrected chi connectivity index (χ1v) is 12.0.